The highest BCUT2D eigenvalue weighted by molar-refractivity contribution is 5.48. The molecule has 5 rings (SSSR count). The first kappa shape index (κ1) is 14.6. The maximum Gasteiger partial charge on any atom is 0.127 e. The van der Waals surface area contributed by atoms with Crippen molar-refractivity contribution in [3.05, 3.63) is 54.1 Å². The number of fused-ring (bicyclic) bond motifs is 3. The van der Waals surface area contributed by atoms with Crippen LogP contribution >= 0.6 is 0 Å². The molecule has 3 heterocycles. The van der Waals surface area contributed by atoms with Gasteiger partial charge in [0.15, 0.2) is 0 Å². The average molecular weight is 308 g/mol. The topological polar surface area (TPSA) is 24.5 Å². The summed E-state index contributed by atoms with van der Waals surface area (Å²) in [7, 11) is 0. The van der Waals surface area contributed by atoms with Crippen LogP contribution in [-0.2, 0) is 0 Å². The first-order valence-electron chi connectivity index (χ1n) is 8.60. The maximum absolute atomic E-state index is 5.89. The molecule has 2 bridgehead atoms. The van der Waals surface area contributed by atoms with Gasteiger partial charge in [0.05, 0.1) is 0 Å². The molecule has 3 aliphatic rings. The Balaban J connectivity index is 1.39. The van der Waals surface area contributed by atoms with E-state index in [4.69, 9.17) is 4.74 Å². The van der Waals surface area contributed by atoms with E-state index in [0.29, 0.717) is 6.04 Å². The van der Waals surface area contributed by atoms with Crippen molar-refractivity contribution in [1.82, 2.24) is 4.90 Å². The van der Waals surface area contributed by atoms with Crippen LogP contribution in [0.2, 0.25) is 0 Å². The number of hydrogen-bond acceptors (Lipinski definition) is 3. The molecule has 3 nitrogen and oxygen atoms in total. The van der Waals surface area contributed by atoms with Crippen LogP contribution in [0.25, 0.3) is 0 Å². The molecule has 3 heteroatoms. The molecule has 0 radical (unpaired) electrons. The van der Waals surface area contributed by atoms with Crippen molar-refractivity contribution in [2.75, 3.05) is 25.0 Å². The Hall–Kier alpha value is -2.00. The lowest BCUT2D eigenvalue weighted by atomic mass is 9.84. The van der Waals surface area contributed by atoms with Gasteiger partial charge >= 0.3 is 0 Å². The molecule has 0 aromatic heterocycles. The summed E-state index contributed by atoms with van der Waals surface area (Å²) >= 11 is 0. The van der Waals surface area contributed by atoms with Crippen LogP contribution < -0.4 is 10.1 Å². The Bertz CT molecular complexity index is 642. The van der Waals surface area contributed by atoms with Crippen LogP contribution in [0, 0.1) is 12.8 Å². The van der Waals surface area contributed by atoms with Gasteiger partial charge in [-0.3, -0.25) is 0 Å². The minimum atomic E-state index is 0.598. The van der Waals surface area contributed by atoms with Crippen LogP contribution in [0.1, 0.15) is 18.4 Å². The van der Waals surface area contributed by atoms with E-state index in [9.17, 15) is 0 Å². The van der Waals surface area contributed by atoms with E-state index >= 15 is 0 Å². The predicted octanol–water partition coefficient (Wildman–Crippen LogP) is 4.29. The van der Waals surface area contributed by atoms with Gasteiger partial charge in [-0.25, -0.2) is 0 Å². The smallest absolute Gasteiger partial charge is 0.127 e. The molecule has 2 aromatic rings. The summed E-state index contributed by atoms with van der Waals surface area (Å²) in [5.41, 5.74) is 2.44. The Morgan fingerprint density at radius 2 is 1.52 bits per heavy atom. The Kier molecular flexibility index (Phi) is 3.96. The molecule has 23 heavy (non-hydrogen) atoms. The second-order valence-corrected chi connectivity index (χ2v) is 6.83. The fraction of sp³-hybridized carbons (Fsp3) is 0.400. The maximum atomic E-state index is 5.89. The monoisotopic (exact) mass is 308 g/mol. The molecule has 120 valence electrons. The van der Waals surface area contributed by atoms with Crippen molar-refractivity contribution in [2.24, 2.45) is 5.92 Å². The van der Waals surface area contributed by atoms with Crippen LogP contribution in [0.5, 0.6) is 11.5 Å². The summed E-state index contributed by atoms with van der Waals surface area (Å²) in [6, 6.07) is 17.1. The fourth-order valence-electron chi connectivity index (χ4n) is 3.70. The standard InChI is InChI=1S/C20H24N2O/c1-15-2-6-18(7-3-15)23-19-8-4-17(5-9-19)21-20-14-22-12-10-16(20)11-13-22/h2-9,16,20-21H,10-14H2,1H3. The number of nitrogens with one attached hydrogen (secondary N) is 1. The Labute approximate surface area is 138 Å². The van der Waals surface area contributed by atoms with Gasteiger partial charge in [-0.2, -0.15) is 0 Å². The summed E-state index contributed by atoms with van der Waals surface area (Å²) < 4.78 is 5.89. The minimum absolute atomic E-state index is 0.598. The third-order valence-electron chi connectivity index (χ3n) is 5.12. The Morgan fingerprint density at radius 1 is 0.913 bits per heavy atom. The predicted molar refractivity (Wildman–Crippen MR) is 94.3 cm³/mol. The van der Waals surface area contributed by atoms with Crippen molar-refractivity contribution in [1.29, 1.82) is 0 Å². The largest absolute Gasteiger partial charge is 0.457 e. The molecular formula is C20H24N2O. The van der Waals surface area contributed by atoms with Gasteiger partial charge in [-0.05, 0) is 75.2 Å². The molecule has 0 saturated carbocycles. The molecule has 3 saturated heterocycles. The molecule has 1 atom stereocenters. The fourth-order valence-corrected chi connectivity index (χ4v) is 3.70. The van der Waals surface area contributed by atoms with Crippen molar-refractivity contribution in [3.63, 3.8) is 0 Å². The number of ether oxygens (including phenoxy) is 1. The lowest BCUT2D eigenvalue weighted by molar-refractivity contribution is 0.0975. The number of rotatable bonds is 4. The summed E-state index contributed by atoms with van der Waals surface area (Å²) in [5, 5.41) is 3.71. The summed E-state index contributed by atoms with van der Waals surface area (Å²) in [4.78, 5) is 2.58. The van der Waals surface area contributed by atoms with E-state index in [1.54, 1.807) is 0 Å². The first-order valence-corrected chi connectivity index (χ1v) is 8.60. The van der Waals surface area contributed by atoms with Crippen molar-refractivity contribution in [2.45, 2.75) is 25.8 Å². The molecule has 0 amide bonds. The molecule has 1 N–H and O–H groups in total. The average Bonchev–Trinajstić information content (AvgIpc) is 2.60. The zero-order chi connectivity index (χ0) is 15.6. The van der Waals surface area contributed by atoms with Gasteiger partial charge in [0.25, 0.3) is 0 Å². The third-order valence-corrected chi connectivity index (χ3v) is 5.12. The van der Waals surface area contributed by atoms with Crippen LogP contribution in [0.3, 0.4) is 0 Å². The first-order chi connectivity index (χ1) is 11.3. The SMILES string of the molecule is Cc1ccc(Oc2ccc(NC3CN4CCC3CC4)cc2)cc1. The van der Waals surface area contributed by atoms with E-state index < -0.39 is 0 Å². The molecular weight excluding hydrogens is 284 g/mol. The quantitative estimate of drug-likeness (QED) is 0.911. The normalized spacial score (nSPS) is 26.0. The van der Waals surface area contributed by atoms with E-state index in [0.717, 1.165) is 17.4 Å². The third kappa shape index (κ3) is 3.35. The molecule has 3 fully saturated rings. The zero-order valence-corrected chi connectivity index (χ0v) is 13.7. The highest BCUT2D eigenvalue weighted by atomic mass is 16.5. The number of anilines is 1. The molecule has 1 unspecified atom stereocenters. The van der Waals surface area contributed by atoms with E-state index in [2.05, 4.69) is 41.4 Å². The van der Waals surface area contributed by atoms with Gasteiger partial charge in [0.2, 0.25) is 0 Å². The van der Waals surface area contributed by atoms with Crippen molar-refractivity contribution >= 4 is 5.69 Å². The van der Waals surface area contributed by atoms with E-state index in [1.165, 1.54) is 43.7 Å². The number of piperidine rings is 3. The van der Waals surface area contributed by atoms with Crippen molar-refractivity contribution < 1.29 is 4.74 Å². The number of aryl methyl sites for hydroxylation is 1. The second kappa shape index (κ2) is 6.25. The lowest BCUT2D eigenvalue weighted by Crippen LogP contribution is -2.53. The van der Waals surface area contributed by atoms with Crippen LogP contribution in [0.4, 0.5) is 5.69 Å². The lowest BCUT2D eigenvalue weighted by Gasteiger charge is -2.45. The minimum Gasteiger partial charge on any atom is -0.457 e. The molecule has 0 spiro atoms. The number of nitrogens with zero attached hydrogens (tertiary/aromatic N) is 1. The Morgan fingerprint density at radius 3 is 2.09 bits per heavy atom. The summed E-state index contributed by atoms with van der Waals surface area (Å²) in [5.74, 6) is 2.60. The number of benzene rings is 2. The van der Waals surface area contributed by atoms with Crippen LogP contribution in [0.15, 0.2) is 48.5 Å². The highest BCUT2D eigenvalue weighted by Gasteiger charge is 2.33. The second-order valence-electron chi connectivity index (χ2n) is 6.83. The summed E-state index contributed by atoms with van der Waals surface area (Å²) in [6.07, 6.45) is 2.68. The van der Waals surface area contributed by atoms with Gasteiger partial charge < -0.3 is 15.0 Å². The van der Waals surface area contributed by atoms with Gasteiger partial charge in [0, 0.05) is 18.3 Å². The van der Waals surface area contributed by atoms with Gasteiger partial charge in [-0.1, -0.05) is 17.7 Å². The highest BCUT2D eigenvalue weighted by Crippen LogP contribution is 2.30. The molecule has 3 aliphatic heterocycles. The van der Waals surface area contributed by atoms with E-state index in [1.807, 2.05) is 24.3 Å². The molecule has 0 aliphatic carbocycles. The number of hydrogen-bond donors (Lipinski definition) is 1. The van der Waals surface area contributed by atoms with Crippen LogP contribution in [-0.4, -0.2) is 30.6 Å². The van der Waals surface area contributed by atoms with Crippen molar-refractivity contribution in [3.8, 4) is 11.5 Å². The van der Waals surface area contributed by atoms with Gasteiger partial charge in [-0.15, -0.1) is 0 Å². The summed E-state index contributed by atoms with van der Waals surface area (Å²) in [6.45, 7) is 5.84. The van der Waals surface area contributed by atoms with Gasteiger partial charge in [0.1, 0.15) is 11.5 Å². The zero-order valence-electron chi connectivity index (χ0n) is 13.7. The van der Waals surface area contributed by atoms with E-state index in [-0.39, 0.29) is 0 Å². The molecule has 2 aromatic carbocycles.